The van der Waals surface area contributed by atoms with Crippen LogP contribution in [0.3, 0.4) is 0 Å². The molecule has 5 nitrogen and oxygen atoms in total. The summed E-state index contributed by atoms with van der Waals surface area (Å²) in [7, 11) is 1.63. The number of ether oxygens (including phenoxy) is 1. The topological polar surface area (TPSA) is 58.6 Å². The van der Waals surface area contributed by atoms with Crippen molar-refractivity contribution in [2.45, 2.75) is 25.7 Å². The minimum Gasteiger partial charge on any atom is -0.385 e. The molecule has 0 aromatic heterocycles. The average molecular weight is 336 g/mol. The van der Waals surface area contributed by atoms with Gasteiger partial charge in [-0.2, -0.15) is 0 Å². The lowest BCUT2D eigenvalue weighted by Crippen LogP contribution is -2.43. The quantitative estimate of drug-likeness (QED) is 0.772. The third kappa shape index (κ3) is 5.30. The summed E-state index contributed by atoms with van der Waals surface area (Å²) in [5, 5.41) is 2.91. The summed E-state index contributed by atoms with van der Waals surface area (Å²) in [6.07, 6.45) is 2.17. The van der Waals surface area contributed by atoms with Gasteiger partial charge in [0.15, 0.2) is 0 Å². The van der Waals surface area contributed by atoms with Gasteiger partial charge in [-0.05, 0) is 30.9 Å². The molecule has 1 N–H and O–H groups in total. The van der Waals surface area contributed by atoms with Crippen LogP contribution in [0.2, 0.25) is 0 Å². The predicted octanol–water partition coefficient (Wildman–Crippen LogP) is 1.76. The van der Waals surface area contributed by atoms with E-state index in [0.717, 1.165) is 6.42 Å². The smallest absolute Gasteiger partial charge is 0.227 e. The van der Waals surface area contributed by atoms with Crippen LogP contribution >= 0.6 is 0 Å². The first-order valence-electron chi connectivity index (χ1n) is 8.39. The van der Waals surface area contributed by atoms with Gasteiger partial charge >= 0.3 is 0 Å². The van der Waals surface area contributed by atoms with Gasteiger partial charge in [-0.25, -0.2) is 4.39 Å². The van der Waals surface area contributed by atoms with E-state index in [1.165, 1.54) is 6.07 Å². The number of halogens is 1. The average Bonchev–Trinajstić information content (AvgIpc) is 2.60. The second-order valence-electron chi connectivity index (χ2n) is 6.06. The third-order valence-electron chi connectivity index (χ3n) is 4.34. The zero-order chi connectivity index (χ0) is 17.4. The molecule has 1 saturated heterocycles. The molecular formula is C18H25FN2O3. The molecule has 0 spiro atoms. The molecule has 1 aliphatic rings. The Kier molecular flexibility index (Phi) is 7.18. The largest absolute Gasteiger partial charge is 0.385 e. The Bertz CT molecular complexity index is 557. The Balaban J connectivity index is 1.75. The molecule has 1 aliphatic heterocycles. The lowest BCUT2D eigenvalue weighted by atomic mass is 9.95. The first-order valence-corrected chi connectivity index (χ1v) is 8.39. The van der Waals surface area contributed by atoms with Crippen molar-refractivity contribution in [3.05, 3.63) is 35.6 Å². The predicted molar refractivity (Wildman–Crippen MR) is 88.9 cm³/mol. The van der Waals surface area contributed by atoms with Gasteiger partial charge in [-0.15, -0.1) is 0 Å². The zero-order valence-electron chi connectivity index (χ0n) is 14.1. The van der Waals surface area contributed by atoms with E-state index >= 15 is 0 Å². The van der Waals surface area contributed by atoms with Crippen LogP contribution in [-0.4, -0.2) is 50.1 Å². The van der Waals surface area contributed by atoms with E-state index < -0.39 is 0 Å². The number of amides is 2. The SMILES string of the molecule is COCCCNC(=O)C1CCN(C(=O)Cc2ccccc2F)CC1. The van der Waals surface area contributed by atoms with Crippen LogP contribution in [-0.2, 0) is 20.7 Å². The van der Waals surface area contributed by atoms with E-state index in [1.807, 2.05) is 0 Å². The maximum atomic E-state index is 13.6. The van der Waals surface area contributed by atoms with E-state index in [2.05, 4.69) is 5.32 Å². The van der Waals surface area contributed by atoms with Gasteiger partial charge < -0.3 is 15.0 Å². The molecule has 0 aliphatic carbocycles. The molecule has 1 fully saturated rings. The minimum absolute atomic E-state index is 0.0484. The van der Waals surface area contributed by atoms with Gasteiger partial charge in [0, 0.05) is 39.3 Å². The number of carbonyl (C=O) groups is 2. The normalized spacial score (nSPS) is 15.3. The van der Waals surface area contributed by atoms with Crippen molar-refractivity contribution in [2.75, 3.05) is 33.4 Å². The van der Waals surface area contributed by atoms with Crippen molar-refractivity contribution in [1.82, 2.24) is 10.2 Å². The Hall–Kier alpha value is -1.95. The molecule has 132 valence electrons. The molecule has 0 saturated carbocycles. The van der Waals surface area contributed by atoms with Crippen LogP contribution < -0.4 is 5.32 Å². The van der Waals surface area contributed by atoms with E-state index in [0.29, 0.717) is 44.6 Å². The molecule has 1 aromatic carbocycles. The summed E-state index contributed by atoms with van der Waals surface area (Å²) in [5.41, 5.74) is 0.417. The Morgan fingerprint density at radius 2 is 2.00 bits per heavy atom. The number of nitrogens with one attached hydrogen (secondary N) is 1. The summed E-state index contributed by atoms with van der Waals surface area (Å²) in [4.78, 5) is 26.1. The van der Waals surface area contributed by atoms with Crippen molar-refractivity contribution in [3.63, 3.8) is 0 Å². The van der Waals surface area contributed by atoms with E-state index in [-0.39, 0.29) is 30.0 Å². The number of methoxy groups -OCH3 is 1. The van der Waals surface area contributed by atoms with Gasteiger partial charge in [0.2, 0.25) is 11.8 Å². The van der Waals surface area contributed by atoms with Crippen LogP contribution in [0, 0.1) is 11.7 Å². The van der Waals surface area contributed by atoms with Gasteiger partial charge in [-0.3, -0.25) is 9.59 Å². The van der Waals surface area contributed by atoms with E-state index in [4.69, 9.17) is 4.74 Å². The first kappa shape index (κ1) is 18.4. The van der Waals surface area contributed by atoms with E-state index in [9.17, 15) is 14.0 Å². The van der Waals surface area contributed by atoms with Crippen LogP contribution in [0.4, 0.5) is 4.39 Å². The fourth-order valence-electron chi connectivity index (χ4n) is 2.88. The summed E-state index contributed by atoms with van der Waals surface area (Å²) in [6.45, 7) is 2.33. The van der Waals surface area contributed by atoms with Crippen molar-refractivity contribution >= 4 is 11.8 Å². The Morgan fingerprint density at radius 3 is 2.67 bits per heavy atom. The number of benzene rings is 1. The zero-order valence-corrected chi connectivity index (χ0v) is 14.1. The molecule has 1 aromatic rings. The maximum absolute atomic E-state index is 13.6. The molecule has 2 amide bonds. The summed E-state index contributed by atoms with van der Waals surface area (Å²) >= 11 is 0. The highest BCUT2D eigenvalue weighted by Gasteiger charge is 2.27. The molecule has 2 rings (SSSR count). The summed E-state index contributed by atoms with van der Waals surface area (Å²) < 4.78 is 18.6. The molecule has 1 heterocycles. The minimum atomic E-state index is -0.351. The second-order valence-corrected chi connectivity index (χ2v) is 6.06. The Morgan fingerprint density at radius 1 is 1.29 bits per heavy atom. The summed E-state index contributed by atoms with van der Waals surface area (Å²) in [5.74, 6) is -0.437. The van der Waals surface area contributed by atoms with Crippen LogP contribution in [0.5, 0.6) is 0 Å². The number of hydrogen-bond donors (Lipinski definition) is 1. The number of piperidine rings is 1. The summed E-state index contributed by atoms with van der Waals surface area (Å²) in [6, 6.07) is 6.34. The molecular weight excluding hydrogens is 311 g/mol. The number of hydrogen-bond acceptors (Lipinski definition) is 3. The third-order valence-corrected chi connectivity index (χ3v) is 4.34. The molecule has 0 atom stereocenters. The fraction of sp³-hybridized carbons (Fsp3) is 0.556. The van der Waals surface area contributed by atoms with Crippen molar-refractivity contribution in [3.8, 4) is 0 Å². The Labute approximate surface area is 142 Å². The monoisotopic (exact) mass is 336 g/mol. The highest BCUT2D eigenvalue weighted by atomic mass is 19.1. The fourth-order valence-corrected chi connectivity index (χ4v) is 2.88. The first-order chi connectivity index (χ1) is 11.6. The van der Waals surface area contributed by atoms with Gasteiger partial charge in [0.25, 0.3) is 0 Å². The van der Waals surface area contributed by atoms with Crippen molar-refractivity contribution in [1.29, 1.82) is 0 Å². The lowest BCUT2D eigenvalue weighted by Gasteiger charge is -2.31. The maximum Gasteiger partial charge on any atom is 0.227 e. The van der Waals surface area contributed by atoms with Crippen LogP contribution in [0.15, 0.2) is 24.3 Å². The number of rotatable bonds is 7. The molecule has 0 bridgehead atoms. The van der Waals surface area contributed by atoms with Gasteiger partial charge in [0.1, 0.15) is 5.82 Å². The molecule has 24 heavy (non-hydrogen) atoms. The van der Waals surface area contributed by atoms with Crippen molar-refractivity contribution in [2.24, 2.45) is 5.92 Å². The number of nitrogens with zero attached hydrogens (tertiary/aromatic N) is 1. The van der Waals surface area contributed by atoms with Crippen LogP contribution in [0.1, 0.15) is 24.8 Å². The van der Waals surface area contributed by atoms with Gasteiger partial charge in [-0.1, -0.05) is 18.2 Å². The lowest BCUT2D eigenvalue weighted by molar-refractivity contribution is -0.135. The number of likely N-dealkylation sites (tertiary alicyclic amines) is 1. The van der Waals surface area contributed by atoms with Gasteiger partial charge in [0.05, 0.1) is 6.42 Å². The number of carbonyl (C=O) groups excluding carboxylic acids is 2. The molecule has 6 heteroatoms. The highest BCUT2D eigenvalue weighted by molar-refractivity contribution is 5.81. The second kappa shape index (κ2) is 9.37. The highest BCUT2D eigenvalue weighted by Crippen LogP contribution is 2.19. The van der Waals surface area contributed by atoms with Crippen LogP contribution in [0.25, 0.3) is 0 Å². The molecule has 0 radical (unpaired) electrons. The van der Waals surface area contributed by atoms with E-state index in [1.54, 1.807) is 30.2 Å². The standard InChI is InChI=1S/C18H25FN2O3/c1-24-12-4-9-20-18(23)14-7-10-21(11-8-14)17(22)13-15-5-2-3-6-16(15)19/h2-3,5-6,14H,4,7-13H2,1H3,(H,20,23). The van der Waals surface area contributed by atoms with Crippen molar-refractivity contribution < 1.29 is 18.7 Å². The molecule has 0 unspecified atom stereocenters.